The number of alkyl halides is 2. The van der Waals surface area contributed by atoms with E-state index >= 15 is 0 Å². The monoisotopic (exact) mass is 339 g/mol. The van der Waals surface area contributed by atoms with E-state index in [0.717, 1.165) is 30.0 Å². The van der Waals surface area contributed by atoms with Crippen LogP contribution in [-0.4, -0.2) is 15.7 Å². The predicted octanol–water partition coefficient (Wildman–Crippen LogP) is 4.94. The second kappa shape index (κ2) is 5.81. The average Bonchev–Trinajstić information content (AvgIpc) is 2.58. The maximum Gasteiger partial charge on any atom is 0.331 e. The molecule has 0 unspecified atom stereocenters. The number of rotatable bonds is 3. The standard InChI is InChI=1S/C19H12F3N3/c20-13-10-8-12(9-11-13)19(21,22)18-24-16-7-2-1-6-15(16)17(25-18)23-14-4-3-5-14/h1-4,6-11H,5H2. The Hall–Kier alpha value is -3.02. The van der Waals surface area contributed by atoms with Crippen LogP contribution in [0.2, 0.25) is 0 Å². The van der Waals surface area contributed by atoms with Crippen LogP contribution in [0.25, 0.3) is 10.9 Å². The fourth-order valence-electron chi connectivity index (χ4n) is 2.52. The lowest BCUT2D eigenvalue weighted by atomic mass is 10.1. The van der Waals surface area contributed by atoms with Gasteiger partial charge in [0.1, 0.15) is 5.82 Å². The summed E-state index contributed by atoms with van der Waals surface area (Å²) in [5.74, 6) is -4.48. The normalized spacial score (nSPS) is 15.6. The lowest BCUT2D eigenvalue weighted by molar-refractivity contribution is 0.0332. The molecule has 4 rings (SSSR count). The van der Waals surface area contributed by atoms with Crippen molar-refractivity contribution in [3.8, 4) is 0 Å². The summed E-state index contributed by atoms with van der Waals surface area (Å²) >= 11 is 0. The van der Waals surface area contributed by atoms with E-state index in [1.54, 1.807) is 24.3 Å². The van der Waals surface area contributed by atoms with Crippen LogP contribution in [-0.2, 0) is 5.92 Å². The van der Waals surface area contributed by atoms with E-state index in [9.17, 15) is 13.2 Å². The van der Waals surface area contributed by atoms with Gasteiger partial charge in [-0.1, -0.05) is 18.2 Å². The molecule has 3 aromatic rings. The fraction of sp³-hybridized carbons (Fsp3) is 0.105. The van der Waals surface area contributed by atoms with Crippen LogP contribution in [0.15, 0.2) is 65.7 Å². The van der Waals surface area contributed by atoms with E-state index in [0.29, 0.717) is 17.3 Å². The maximum absolute atomic E-state index is 14.9. The Morgan fingerprint density at radius 3 is 2.36 bits per heavy atom. The number of para-hydroxylation sites is 1. The number of allylic oxidation sites excluding steroid dienone is 2. The van der Waals surface area contributed by atoms with Crippen molar-refractivity contribution in [1.82, 2.24) is 9.97 Å². The number of hydrogen-bond donors (Lipinski definition) is 0. The van der Waals surface area contributed by atoms with Gasteiger partial charge in [0, 0.05) is 23.1 Å². The van der Waals surface area contributed by atoms with Crippen LogP contribution in [0, 0.1) is 5.82 Å². The van der Waals surface area contributed by atoms with Gasteiger partial charge in [-0.3, -0.25) is 0 Å². The zero-order valence-electron chi connectivity index (χ0n) is 13.0. The molecule has 1 heterocycles. The van der Waals surface area contributed by atoms with Gasteiger partial charge in [0.05, 0.1) is 5.52 Å². The molecular formula is C19H12F3N3. The third kappa shape index (κ3) is 2.80. The van der Waals surface area contributed by atoms with Crippen molar-refractivity contribution in [3.05, 3.63) is 77.9 Å². The molecule has 0 saturated heterocycles. The van der Waals surface area contributed by atoms with Crippen LogP contribution in [0.4, 0.5) is 19.0 Å². The fourth-order valence-corrected chi connectivity index (χ4v) is 2.52. The van der Waals surface area contributed by atoms with E-state index in [1.807, 2.05) is 12.2 Å². The molecule has 0 amide bonds. The highest BCUT2D eigenvalue weighted by Gasteiger charge is 2.38. The molecule has 1 aliphatic carbocycles. The Balaban J connectivity index is 1.89. The van der Waals surface area contributed by atoms with Crippen LogP contribution in [0.1, 0.15) is 17.8 Å². The molecule has 25 heavy (non-hydrogen) atoms. The summed E-state index contributed by atoms with van der Waals surface area (Å²) in [6.07, 6.45) is 4.42. The average molecular weight is 339 g/mol. The van der Waals surface area contributed by atoms with Crippen molar-refractivity contribution >= 4 is 22.4 Å². The minimum Gasteiger partial charge on any atom is -0.233 e. The quantitative estimate of drug-likeness (QED) is 0.678. The second-order valence-electron chi connectivity index (χ2n) is 5.68. The van der Waals surface area contributed by atoms with E-state index in [-0.39, 0.29) is 11.4 Å². The van der Waals surface area contributed by atoms with Gasteiger partial charge in [0.15, 0.2) is 5.82 Å². The van der Waals surface area contributed by atoms with Gasteiger partial charge in [-0.05, 0) is 42.5 Å². The first-order chi connectivity index (χ1) is 12.0. The number of benzene rings is 2. The first-order valence-electron chi connectivity index (χ1n) is 7.69. The number of nitrogens with zero attached hydrogens (tertiary/aromatic N) is 3. The lowest BCUT2D eigenvalue weighted by Gasteiger charge is -2.17. The molecule has 0 radical (unpaired) electrons. The van der Waals surface area contributed by atoms with E-state index in [2.05, 4.69) is 15.0 Å². The Bertz CT molecular complexity index is 1010. The third-order valence-corrected chi connectivity index (χ3v) is 3.96. The Kier molecular flexibility index (Phi) is 3.60. The molecule has 0 fully saturated rings. The Labute approximate surface area is 141 Å². The summed E-state index contributed by atoms with van der Waals surface area (Å²) in [6.45, 7) is 0. The third-order valence-electron chi connectivity index (χ3n) is 3.96. The smallest absolute Gasteiger partial charge is 0.233 e. The largest absolute Gasteiger partial charge is 0.331 e. The van der Waals surface area contributed by atoms with Crippen molar-refractivity contribution in [2.24, 2.45) is 4.99 Å². The van der Waals surface area contributed by atoms with Gasteiger partial charge < -0.3 is 0 Å². The van der Waals surface area contributed by atoms with Gasteiger partial charge in [0.25, 0.3) is 0 Å². The van der Waals surface area contributed by atoms with Crippen LogP contribution >= 0.6 is 0 Å². The predicted molar refractivity (Wildman–Crippen MR) is 89.8 cm³/mol. The van der Waals surface area contributed by atoms with Gasteiger partial charge in [-0.15, -0.1) is 0 Å². The molecule has 1 aliphatic rings. The van der Waals surface area contributed by atoms with Crippen molar-refractivity contribution in [2.45, 2.75) is 12.3 Å². The SMILES string of the molecule is Fc1ccc(C(F)(F)c2nc(N=C3C=CC3)c3ccccc3n2)cc1. The molecule has 0 saturated carbocycles. The molecule has 0 spiro atoms. The molecule has 124 valence electrons. The lowest BCUT2D eigenvalue weighted by Crippen LogP contribution is -2.19. The second-order valence-corrected chi connectivity index (χ2v) is 5.68. The van der Waals surface area contributed by atoms with Crippen molar-refractivity contribution in [2.75, 3.05) is 0 Å². The van der Waals surface area contributed by atoms with E-state index in [4.69, 9.17) is 0 Å². The first kappa shape index (κ1) is 15.5. The summed E-state index contributed by atoms with van der Waals surface area (Å²) in [7, 11) is 0. The molecule has 3 nitrogen and oxygen atoms in total. The van der Waals surface area contributed by atoms with E-state index < -0.39 is 17.6 Å². The van der Waals surface area contributed by atoms with Gasteiger partial charge in [-0.25, -0.2) is 19.4 Å². The Morgan fingerprint density at radius 2 is 1.68 bits per heavy atom. The summed E-state index contributed by atoms with van der Waals surface area (Å²) in [5, 5.41) is 0.606. The summed E-state index contributed by atoms with van der Waals surface area (Å²) < 4.78 is 42.7. The van der Waals surface area contributed by atoms with Gasteiger partial charge >= 0.3 is 5.92 Å². The zero-order chi connectivity index (χ0) is 17.4. The number of halogens is 3. The molecule has 1 aromatic heterocycles. The topological polar surface area (TPSA) is 38.1 Å². The maximum atomic E-state index is 14.9. The summed E-state index contributed by atoms with van der Waals surface area (Å²) in [6, 6.07) is 10.9. The number of fused-ring (bicyclic) bond motifs is 1. The van der Waals surface area contributed by atoms with Crippen LogP contribution in [0.5, 0.6) is 0 Å². The number of aromatic nitrogens is 2. The van der Waals surface area contributed by atoms with E-state index in [1.165, 1.54) is 0 Å². The van der Waals surface area contributed by atoms with Crippen molar-refractivity contribution in [3.63, 3.8) is 0 Å². The highest BCUT2D eigenvalue weighted by atomic mass is 19.3. The van der Waals surface area contributed by atoms with Crippen LogP contribution < -0.4 is 0 Å². The molecule has 0 atom stereocenters. The molecule has 0 aliphatic heterocycles. The highest BCUT2D eigenvalue weighted by molar-refractivity contribution is 6.04. The highest BCUT2D eigenvalue weighted by Crippen LogP contribution is 2.36. The number of aliphatic imine (C=N–C) groups is 1. The minimum atomic E-state index is -3.46. The molecule has 2 aromatic carbocycles. The molecule has 0 bridgehead atoms. The molecular weight excluding hydrogens is 327 g/mol. The molecule has 6 heteroatoms. The summed E-state index contributed by atoms with van der Waals surface area (Å²) in [4.78, 5) is 12.4. The van der Waals surface area contributed by atoms with Crippen molar-refractivity contribution < 1.29 is 13.2 Å². The minimum absolute atomic E-state index is 0.210. The van der Waals surface area contributed by atoms with Gasteiger partial charge in [0.2, 0.25) is 5.82 Å². The Morgan fingerprint density at radius 1 is 0.960 bits per heavy atom. The summed E-state index contributed by atoms with van der Waals surface area (Å²) in [5.41, 5.74) is 0.795. The first-order valence-corrected chi connectivity index (χ1v) is 7.69. The van der Waals surface area contributed by atoms with Crippen LogP contribution in [0.3, 0.4) is 0 Å². The van der Waals surface area contributed by atoms with Crippen molar-refractivity contribution in [1.29, 1.82) is 0 Å². The van der Waals surface area contributed by atoms with Gasteiger partial charge in [-0.2, -0.15) is 8.78 Å². The zero-order valence-corrected chi connectivity index (χ0v) is 13.0. The molecule has 0 N–H and O–H groups in total. The number of hydrogen-bond acceptors (Lipinski definition) is 3.